The molecule has 0 aliphatic carbocycles. The lowest BCUT2D eigenvalue weighted by Crippen LogP contribution is -2.49. The van der Waals surface area contributed by atoms with Crippen LogP contribution in [0, 0.1) is 0 Å². The summed E-state index contributed by atoms with van der Waals surface area (Å²) in [6.45, 7) is 3.11. The average molecular weight is 399 g/mol. The Morgan fingerprint density at radius 1 is 1.07 bits per heavy atom. The molecule has 2 aromatic heterocycles. The maximum atomic E-state index is 12.7. The maximum Gasteiger partial charge on any atom is 0.228 e. The normalized spacial score (nSPS) is 14.4. The van der Waals surface area contributed by atoms with Gasteiger partial charge in [0.05, 0.1) is 17.1 Å². The Morgan fingerprint density at radius 3 is 2.56 bits per heavy atom. The van der Waals surface area contributed by atoms with Crippen LogP contribution >= 0.6 is 22.9 Å². The zero-order valence-corrected chi connectivity index (χ0v) is 16.3. The number of benzene rings is 1. The summed E-state index contributed by atoms with van der Waals surface area (Å²) >= 11 is 7.77. The molecule has 27 heavy (non-hydrogen) atoms. The molecule has 0 N–H and O–H groups in total. The van der Waals surface area contributed by atoms with E-state index in [1.807, 2.05) is 46.7 Å². The molecule has 1 fully saturated rings. The number of carbonyl (C=O) groups is 1. The van der Waals surface area contributed by atoms with Crippen molar-refractivity contribution in [3.63, 3.8) is 0 Å². The van der Waals surface area contributed by atoms with Gasteiger partial charge in [-0.05, 0) is 18.2 Å². The highest BCUT2D eigenvalue weighted by atomic mass is 35.5. The van der Waals surface area contributed by atoms with Gasteiger partial charge >= 0.3 is 0 Å². The third-order valence-corrected chi connectivity index (χ3v) is 5.90. The van der Waals surface area contributed by atoms with E-state index in [0.29, 0.717) is 11.4 Å². The van der Waals surface area contributed by atoms with Crippen molar-refractivity contribution in [3.05, 3.63) is 64.9 Å². The minimum absolute atomic E-state index is 0.125. The van der Waals surface area contributed by atoms with Crippen LogP contribution in [-0.2, 0) is 11.2 Å². The summed E-state index contributed by atoms with van der Waals surface area (Å²) in [5.74, 6) is 0.125. The molecule has 0 spiro atoms. The van der Waals surface area contributed by atoms with Crippen molar-refractivity contribution in [2.24, 2.45) is 0 Å². The van der Waals surface area contributed by atoms with Crippen LogP contribution in [-0.4, -0.2) is 47.0 Å². The predicted octanol–water partition coefficient (Wildman–Crippen LogP) is 3.75. The van der Waals surface area contributed by atoms with Gasteiger partial charge in [0.2, 0.25) is 5.91 Å². The van der Waals surface area contributed by atoms with Crippen molar-refractivity contribution >= 4 is 34.5 Å². The third-order valence-electron chi connectivity index (χ3n) is 4.65. The van der Waals surface area contributed by atoms with Gasteiger partial charge in [0.1, 0.15) is 5.01 Å². The average Bonchev–Trinajstić information content (AvgIpc) is 3.17. The van der Waals surface area contributed by atoms with E-state index < -0.39 is 0 Å². The number of thiazole rings is 1. The zero-order chi connectivity index (χ0) is 18.6. The van der Waals surface area contributed by atoms with Crippen LogP contribution < -0.4 is 4.90 Å². The Balaban J connectivity index is 1.36. The molecule has 3 aromatic rings. The van der Waals surface area contributed by atoms with E-state index in [-0.39, 0.29) is 5.91 Å². The molecule has 138 valence electrons. The number of rotatable bonds is 4. The summed E-state index contributed by atoms with van der Waals surface area (Å²) in [7, 11) is 0. The third kappa shape index (κ3) is 4.12. The minimum Gasteiger partial charge on any atom is -0.368 e. The quantitative estimate of drug-likeness (QED) is 0.671. The van der Waals surface area contributed by atoms with Gasteiger partial charge in [-0.3, -0.25) is 9.78 Å². The maximum absolute atomic E-state index is 12.7. The molecule has 1 aromatic carbocycles. The van der Waals surface area contributed by atoms with E-state index in [9.17, 15) is 4.79 Å². The standard InChI is InChI=1S/C20H19ClN4OS/c21-18-4-2-1-3-17(18)20-23-15(14-27-20)13-19(26)25-11-9-24(10-12-25)16-5-7-22-8-6-16/h1-8,14H,9-13H2. The van der Waals surface area contributed by atoms with E-state index in [4.69, 9.17) is 11.6 Å². The van der Waals surface area contributed by atoms with E-state index in [0.717, 1.165) is 48.1 Å². The molecule has 1 aliphatic rings. The highest BCUT2D eigenvalue weighted by Gasteiger charge is 2.22. The van der Waals surface area contributed by atoms with Gasteiger partial charge in [0.15, 0.2) is 0 Å². The van der Waals surface area contributed by atoms with Crippen molar-refractivity contribution in [3.8, 4) is 10.6 Å². The van der Waals surface area contributed by atoms with Gasteiger partial charge in [0, 0.05) is 55.2 Å². The van der Waals surface area contributed by atoms with Gasteiger partial charge in [0.25, 0.3) is 0 Å². The van der Waals surface area contributed by atoms with Crippen LogP contribution in [0.15, 0.2) is 54.2 Å². The van der Waals surface area contributed by atoms with Gasteiger partial charge in [-0.25, -0.2) is 4.98 Å². The summed E-state index contributed by atoms with van der Waals surface area (Å²) in [5.41, 5.74) is 2.87. The van der Waals surface area contributed by atoms with E-state index in [2.05, 4.69) is 14.9 Å². The Hall–Kier alpha value is -2.44. The molecule has 1 amide bonds. The lowest BCUT2D eigenvalue weighted by molar-refractivity contribution is -0.130. The fourth-order valence-electron chi connectivity index (χ4n) is 3.18. The van der Waals surface area contributed by atoms with Crippen molar-refractivity contribution in [2.45, 2.75) is 6.42 Å². The summed E-state index contributed by atoms with van der Waals surface area (Å²) in [6.07, 6.45) is 3.92. The molecule has 3 heterocycles. The number of amides is 1. The smallest absolute Gasteiger partial charge is 0.228 e. The van der Waals surface area contributed by atoms with Crippen molar-refractivity contribution in [1.29, 1.82) is 0 Å². The fourth-order valence-corrected chi connectivity index (χ4v) is 4.32. The number of piperazine rings is 1. The topological polar surface area (TPSA) is 49.3 Å². The van der Waals surface area contributed by atoms with Crippen LogP contribution in [0.4, 0.5) is 5.69 Å². The molecule has 1 saturated heterocycles. The largest absolute Gasteiger partial charge is 0.368 e. The number of aromatic nitrogens is 2. The number of carbonyl (C=O) groups excluding carboxylic acids is 1. The van der Waals surface area contributed by atoms with Crippen LogP contribution in [0.5, 0.6) is 0 Å². The van der Waals surface area contributed by atoms with E-state index >= 15 is 0 Å². The zero-order valence-electron chi connectivity index (χ0n) is 14.7. The lowest BCUT2D eigenvalue weighted by atomic mass is 10.2. The summed E-state index contributed by atoms with van der Waals surface area (Å²) in [5, 5.41) is 3.48. The molecule has 0 atom stereocenters. The molecule has 7 heteroatoms. The molecule has 1 aliphatic heterocycles. The van der Waals surface area contributed by atoms with Gasteiger partial charge < -0.3 is 9.80 Å². The molecule has 0 unspecified atom stereocenters. The van der Waals surface area contributed by atoms with Crippen LogP contribution in [0.1, 0.15) is 5.69 Å². The molecule has 4 rings (SSSR count). The summed E-state index contributed by atoms with van der Waals surface area (Å²) in [6, 6.07) is 11.6. The molecule has 5 nitrogen and oxygen atoms in total. The molecule has 0 bridgehead atoms. The first kappa shape index (κ1) is 17.9. The van der Waals surface area contributed by atoms with Crippen LogP contribution in [0.3, 0.4) is 0 Å². The SMILES string of the molecule is O=C(Cc1csc(-c2ccccc2Cl)n1)N1CCN(c2ccncc2)CC1. The molecular formula is C20H19ClN4OS. The highest BCUT2D eigenvalue weighted by molar-refractivity contribution is 7.13. The predicted molar refractivity (Wildman–Crippen MR) is 109 cm³/mol. The first-order chi connectivity index (χ1) is 13.2. The molecule has 0 radical (unpaired) electrons. The van der Waals surface area contributed by atoms with Crippen molar-refractivity contribution < 1.29 is 4.79 Å². The van der Waals surface area contributed by atoms with Gasteiger partial charge in [-0.1, -0.05) is 29.8 Å². The Bertz CT molecular complexity index is 922. The van der Waals surface area contributed by atoms with E-state index in [1.165, 1.54) is 11.3 Å². The Labute approximate surface area is 167 Å². The number of hydrogen-bond donors (Lipinski definition) is 0. The Kier molecular flexibility index (Phi) is 5.36. The number of halogens is 1. The number of pyridine rings is 1. The fraction of sp³-hybridized carbons (Fsp3) is 0.250. The van der Waals surface area contributed by atoms with E-state index in [1.54, 1.807) is 12.4 Å². The van der Waals surface area contributed by atoms with Gasteiger partial charge in [-0.2, -0.15) is 0 Å². The second kappa shape index (κ2) is 8.06. The minimum atomic E-state index is 0.125. The second-order valence-electron chi connectivity index (χ2n) is 6.37. The lowest BCUT2D eigenvalue weighted by Gasteiger charge is -2.36. The van der Waals surface area contributed by atoms with Crippen LogP contribution in [0.2, 0.25) is 5.02 Å². The van der Waals surface area contributed by atoms with Crippen LogP contribution in [0.25, 0.3) is 10.6 Å². The van der Waals surface area contributed by atoms with Gasteiger partial charge in [-0.15, -0.1) is 11.3 Å². The number of hydrogen-bond acceptors (Lipinski definition) is 5. The number of nitrogens with zero attached hydrogens (tertiary/aromatic N) is 4. The molecule has 0 saturated carbocycles. The summed E-state index contributed by atoms with van der Waals surface area (Å²) < 4.78 is 0. The molecular weight excluding hydrogens is 380 g/mol. The second-order valence-corrected chi connectivity index (χ2v) is 7.64. The first-order valence-corrected chi connectivity index (χ1v) is 10.1. The monoisotopic (exact) mass is 398 g/mol. The Morgan fingerprint density at radius 2 is 1.81 bits per heavy atom. The first-order valence-electron chi connectivity index (χ1n) is 8.83. The number of anilines is 1. The summed E-state index contributed by atoms with van der Waals surface area (Å²) in [4.78, 5) is 25.5. The van der Waals surface area contributed by atoms with Crippen molar-refractivity contribution in [2.75, 3.05) is 31.1 Å². The van der Waals surface area contributed by atoms with Crippen molar-refractivity contribution in [1.82, 2.24) is 14.9 Å². The highest BCUT2D eigenvalue weighted by Crippen LogP contribution is 2.30.